The number of amides is 1. The van der Waals surface area contributed by atoms with E-state index in [4.69, 9.17) is 4.74 Å². The maximum Gasteiger partial charge on any atom is 0.212 e. The smallest absolute Gasteiger partial charge is 0.212 e. The van der Waals surface area contributed by atoms with Crippen molar-refractivity contribution in [2.45, 2.75) is 4.34 Å². The molecule has 0 fully saturated rings. The number of nitrogens with one attached hydrogen (secondary N) is 1. The molecule has 0 unspecified atom stereocenters. The van der Waals surface area contributed by atoms with Crippen LogP contribution in [0.2, 0.25) is 0 Å². The molecule has 0 aliphatic heterocycles. The second-order valence-electron chi connectivity index (χ2n) is 2.48. The minimum Gasteiger partial charge on any atom is -0.376 e. The first kappa shape index (κ1) is 12.2. The van der Waals surface area contributed by atoms with Crippen molar-refractivity contribution in [1.82, 2.24) is 4.98 Å². The first-order chi connectivity index (χ1) is 7.22. The molecule has 0 spiro atoms. The molecule has 0 bridgehead atoms. The summed E-state index contributed by atoms with van der Waals surface area (Å²) in [5.74, 6) is 0.126. The third kappa shape index (κ3) is 3.01. The summed E-state index contributed by atoms with van der Waals surface area (Å²) in [6.45, 7) is -0.0104. The fourth-order valence-electron chi connectivity index (χ4n) is 0.927. The maximum absolute atomic E-state index is 11.5. The van der Waals surface area contributed by atoms with Crippen molar-refractivity contribution >= 4 is 41.1 Å². The Morgan fingerprint density at radius 1 is 1.73 bits per heavy atom. The van der Waals surface area contributed by atoms with Gasteiger partial charge in [0.2, 0.25) is 12.2 Å². The lowest BCUT2D eigenvalue weighted by Crippen LogP contribution is -2.08. The molecule has 1 heterocycles. The highest BCUT2D eigenvalue weighted by Gasteiger charge is 2.17. The summed E-state index contributed by atoms with van der Waals surface area (Å²) in [5, 5.41) is 2.40. The molecule has 82 valence electrons. The average Bonchev–Trinajstić information content (AvgIpc) is 2.62. The number of aromatic nitrogens is 1. The topological polar surface area (TPSA) is 68.3 Å². The van der Waals surface area contributed by atoms with E-state index >= 15 is 0 Å². The molecule has 1 N–H and O–H groups in total. The van der Waals surface area contributed by atoms with Crippen LogP contribution in [0.4, 0.5) is 5.82 Å². The number of ketones is 1. The number of hydrogen-bond donors (Lipinski definition) is 1. The van der Waals surface area contributed by atoms with E-state index in [1.165, 1.54) is 30.2 Å². The summed E-state index contributed by atoms with van der Waals surface area (Å²) in [7, 11) is 1.45. The Kier molecular flexibility index (Phi) is 4.73. The minimum absolute atomic E-state index is 0.0104. The van der Waals surface area contributed by atoms with Gasteiger partial charge in [-0.15, -0.1) is 11.3 Å². The highest BCUT2D eigenvalue weighted by atomic mass is 32.2. The number of carbonyl (C=O) groups is 2. The molecule has 0 aliphatic rings. The van der Waals surface area contributed by atoms with Gasteiger partial charge in [-0.25, -0.2) is 4.98 Å². The Morgan fingerprint density at radius 3 is 3.00 bits per heavy atom. The molecule has 0 saturated heterocycles. The quantitative estimate of drug-likeness (QED) is 0.465. The number of nitrogens with zero attached hydrogens (tertiary/aromatic N) is 1. The highest BCUT2D eigenvalue weighted by Crippen LogP contribution is 2.29. The number of hydrogen-bond acceptors (Lipinski definition) is 6. The largest absolute Gasteiger partial charge is 0.376 e. The van der Waals surface area contributed by atoms with E-state index in [1.807, 2.05) is 6.26 Å². The number of thioether (sulfide) groups is 1. The maximum atomic E-state index is 11.5. The van der Waals surface area contributed by atoms with Gasteiger partial charge in [0.25, 0.3) is 0 Å². The highest BCUT2D eigenvalue weighted by molar-refractivity contribution is 8.00. The Bertz CT molecular complexity index is 365. The van der Waals surface area contributed by atoms with E-state index < -0.39 is 0 Å². The summed E-state index contributed by atoms with van der Waals surface area (Å²) < 4.78 is 5.48. The normalized spacial score (nSPS) is 10.0. The van der Waals surface area contributed by atoms with Crippen LogP contribution >= 0.6 is 23.1 Å². The van der Waals surface area contributed by atoms with E-state index in [-0.39, 0.29) is 12.4 Å². The summed E-state index contributed by atoms with van der Waals surface area (Å²) in [5.41, 5.74) is 0. The van der Waals surface area contributed by atoms with Crippen LogP contribution in [0.25, 0.3) is 0 Å². The molecule has 15 heavy (non-hydrogen) atoms. The third-order valence-corrected chi connectivity index (χ3v) is 3.59. The minimum atomic E-state index is -0.181. The standard InChI is InChI=1S/C8H10N2O3S2/c1-13-3-5(12)6-7(9-4-11)10-8(14-2)15-6/h4H,3H2,1-2H3,(H,9,11). The number of Topliss-reactive ketones (excluding diaryl/α,β-unsaturated/α-hetero) is 1. The Hall–Kier alpha value is -0.920. The van der Waals surface area contributed by atoms with E-state index in [0.717, 1.165) is 4.34 Å². The van der Waals surface area contributed by atoms with Gasteiger partial charge in [-0.3, -0.25) is 9.59 Å². The zero-order valence-corrected chi connectivity index (χ0v) is 9.91. The molecule has 1 aromatic heterocycles. The number of rotatable bonds is 6. The molecule has 5 nitrogen and oxygen atoms in total. The van der Waals surface area contributed by atoms with Crippen LogP contribution in [0.1, 0.15) is 9.67 Å². The molecule has 0 aromatic carbocycles. The lowest BCUT2D eigenvalue weighted by atomic mass is 10.3. The molecule has 1 rings (SSSR count). The van der Waals surface area contributed by atoms with Gasteiger partial charge in [0.15, 0.2) is 10.2 Å². The second kappa shape index (κ2) is 5.84. The number of methoxy groups -OCH3 is 1. The predicted molar refractivity (Wildman–Crippen MR) is 59.8 cm³/mol. The molecule has 0 atom stereocenters. The summed E-state index contributed by atoms with van der Waals surface area (Å²) >= 11 is 2.67. The second-order valence-corrected chi connectivity index (χ2v) is 4.53. The van der Waals surface area contributed by atoms with Crippen molar-refractivity contribution in [3.8, 4) is 0 Å². The molecule has 0 aliphatic carbocycles. The van der Waals surface area contributed by atoms with Crippen LogP contribution in [0.3, 0.4) is 0 Å². The molecule has 0 radical (unpaired) electrons. The lowest BCUT2D eigenvalue weighted by molar-refractivity contribution is -0.105. The van der Waals surface area contributed by atoms with Crippen molar-refractivity contribution in [1.29, 1.82) is 0 Å². The molecule has 0 saturated carbocycles. The fourth-order valence-corrected chi connectivity index (χ4v) is 2.38. The summed E-state index contributed by atoms with van der Waals surface area (Å²) in [6, 6.07) is 0. The van der Waals surface area contributed by atoms with Gasteiger partial charge in [-0.1, -0.05) is 11.8 Å². The molecular formula is C8H10N2O3S2. The van der Waals surface area contributed by atoms with Gasteiger partial charge in [0, 0.05) is 7.11 Å². The number of ether oxygens (including phenoxy) is 1. The van der Waals surface area contributed by atoms with Crippen LogP contribution < -0.4 is 5.32 Å². The Labute approximate surface area is 95.2 Å². The van der Waals surface area contributed by atoms with E-state index in [9.17, 15) is 9.59 Å². The SMILES string of the molecule is COCC(=O)c1sc(SC)nc1NC=O. The number of anilines is 1. The number of carbonyl (C=O) groups excluding carboxylic acids is 2. The van der Waals surface area contributed by atoms with Crippen molar-refractivity contribution in [2.75, 3.05) is 25.3 Å². The zero-order valence-electron chi connectivity index (χ0n) is 8.27. The van der Waals surface area contributed by atoms with E-state index in [0.29, 0.717) is 17.1 Å². The molecular weight excluding hydrogens is 236 g/mol. The van der Waals surface area contributed by atoms with Crippen LogP contribution in [0, 0.1) is 0 Å². The van der Waals surface area contributed by atoms with Crippen LogP contribution in [-0.2, 0) is 9.53 Å². The predicted octanol–water partition coefficient (Wildman–Crippen LogP) is 1.26. The summed E-state index contributed by atoms with van der Waals surface area (Å²) in [4.78, 5) is 26.4. The van der Waals surface area contributed by atoms with Crippen molar-refractivity contribution < 1.29 is 14.3 Å². The first-order valence-electron chi connectivity index (χ1n) is 4.00. The van der Waals surface area contributed by atoms with Crippen LogP contribution in [-0.4, -0.2) is 37.1 Å². The Morgan fingerprint density at radius 2 is 2.47 bits per heavy atom. The zero-order chi connectivity index (χ0) is 11.3. The summed E-state index contributed by atoms with van der Waals surface area (Å²) in [6.07, 6.45) is 2.36. The van der Waals surface area contributed by atoms with Gasteiger partial charge in [-0.2, -0.15) is 0 Å². The van der Waals surface area contributed by atoms with Crippen LogP contribution in [0.5, 0.6) is 0 Å². The van der Waals surface area contributed by atoms with Gasteiger partial charge < -0.3 is 10.1 Å². The lowest BCUT2D eigenvalue weighted by Gasteiger charge is -1.97. The van der Waals surface area contributed by atoms with Crippen LogP contribution in [0.15, 0.2) is 4.34 Å². The van der Waals surface area contributed by atoms with Gasteiger partial charge in [-0.05, 0) is 6.26 Å². The van der Waals surface area contributed by atoms with E-state index in [1.54, 1.807) is 0 Å². The molecule has 7 heteroatoms. The van der Waals surface area contributed by atoms with Gasteiger partial charge >= 0.3 is 0 Å². The van der Waals surface area contributed by atoms with Crippen molar-refractivity contribution in [3.63, 3.8) is 0 Å². The third-order valence-electron chi connectivity index (χ3n) is 1.51. The van der Waals surface area contributed by atoms with Crippen molar-refractivity contribution in [2.24, 2.45) is 0 Å². The fraction of sp³-hybridized carbons (Fsp3) is 0.375. The average molecular weight is 246 g/mol. The van der Waals surface area contributed by atoms with Gasteiger partial charge in [0.05, 0.1) is 0 Å². The monoisotopic (exact) mass is 246 g/mol. The molecule has 1 aromatic rings. The van der Waals surface area contributed by atoms with Gasteiger partial charge in [0.1, 0.15) is 11.5 Å². The van der Waals surface area contributed by atoms with Crippen molar-refractivity contribution in [3.05, 3.63) is 4.88 Å². The number of thiazole rings is 1. The first-order valence-corrected chi connectivity index (χ1v) is 6.04. The molecule has 1 amide bonds. The van der Waals surface area contributed by atoms with E-state index in [2.05, 4.69) is 10.3 Å². The Balaban J connectivity index is 2.97.